The van der Waals surface area contributed by atoms with E-state index >= 15 is 0 Å². The minimum absolute atomic E-state index is 0.192. The number of nitrogens with one attached hydrogen (secondary N) is 1. The van der Waals surface area contributed by atoms with E-state index in [-0.39, 0.29) is 17.7 Å². The van der Waals surface area contributed by atoms with Gasteiger partial charge in [-0.1, -0.05) is 33.1 Å². The average Bonchev–Trinajstić information content (AvgIpc) is 2.97. The minimum atomic E-state index is -0.250. The Morgan fingerprint density at radius 1 is 1.42 bits per heavy atom. The fraction of sp³-hybridized carbons (Fsp3) is 0.933. The summed E-state index contributed by atoms with van der Waals surface area (Å²) in [5.74, 6) is 0.326. The Hall–Kier alpha value is -0.610. The van der Waals surface area contributed by atoms with Crippen LogP contribution in [0.1, 0.15) is 58.8 Å². The van der Waals surface area contributed by atoms with Gasteiger partial charge in [-0.05, 0) is 25.7 Å². The Kier molecular flexibility index (Phi) is 4.85. The van der Waals surface area contributed by atoms with Gasteiger partial charge < -0.3 is 9.64 Å². The Bertz CT molecular complexity index is 307. The molecule has 1 spiro atoms. The lowest BCUT2D eigenvalue weighted by Gasteiger charge is -2.32. The lowest BCUT2D eigenvalue weighted by Crippen LogP contribution is -2.47. The molecular weight excluding hydrogens is 240 g/mol. The summed E-state index contributed by atoms with van der Waals surface area (Å²) in [4.78, 5) is 15.0. The number of carbonyl (C=O) groups is 1. The van der Waals surface area contributed by atoms with Crippen LogP contribution in [0.5, 0.6) is 0 Å². The Balaban J connectivity index is 2.18. The predicted octanol–water partition coefficient (Wildman–Crippen LogP) is 2.28. The molecule has 1 saturated heterocycles. The Labute approximate surface area is 116 Å². The van der Waals surface area contributed by atoms with Crippen LogP contribution in [0.25, 0.3) is 0 Å². The highest BCUT2D eigenvalue weighted by molar-refractivity contribution is 5.89. The summed E-state index contributed by atoms with van der Waals surface area (Å²) < 4.78 is 5.34. The molecule has 1 aliphatic carbocycles. The van der Waals surface area contributed by atoms with E-state index in [1.807, 2.05) is 0 Å². The molecule has 0 bridgehead atoms. The molecule has 19 heavy (non-hydrogen) atoms. The molecular formula is C15H28N2O2. The van der Waals surface area contributed by atoms with Crippen LogP contribution in [0.4, 0.5) is 0 Å². The molecule has 0 aromatic heterocycles. The molecule has 2 unspecified atom stereocenters. The normalized spacial score (nSPS) is 27.4. The summed E-state index contributed by atoms with van der Waals surface area (Å²) in [6.45, 7) is 4.97. The first kappa shape index (κ1) is 14.8. The zero-order chi connectivity index (χ0) is 13.9. The number of amides is 1. The van der Waals surface area contributed by atoms with Crippen molar-refractivity contribution >= 4 is 5.91 Å². The molecule has 1 N–H and O–H groups in total. The van der Waals surface area contributed by atoms with Crippen LogP contribution in [0, 0.1) is 0 Å². The first-order chi connectivity index (χ1) is 9.18. The lowest BCUT2D eigenvalue weighted by molar-refractivity contribution is -0.136. The van der Waals surface area contributed by atoms with Crippen molar-refractivity contribution in [2.45, 2.75) is 76.5 Å². The summed E-state index contributed by atoms with van der Waals surface area (Å²) in [6.07, 6.45) is 7.62. The van der Waals surface area contributed by atoms with Gasteiger partial charge in [-0.15, -0.1) is 0 Å². The largest absolute Gasteiger partial charge is 0.383 e. The predicted molar refractivity (Wildman–Crippen MR) is 75.8 cm³/mol. The van der Waals surface area contributed by atoms with Crippen molar-refractivity contribution in [3.05, 3.63) is 0 Å². The van der Waals surface area contributed by atoms with Crippen molar-refractivity contribution in [1.29, 1.82) is 0 Å². The number of carbonyl (C=O) groups excluding carboxylic acids is 1. The van der Waals surface area contributed by atoms with Gasteiger partial charge in [0.1, 0.15) is 0 Å². The van der Waals surface area contributed by atoms with Crippen LogP contribution in [-0.2, 0) is 9.53 Å². The van der Waals surface area contributed by atoms with Gasteiger partial charge in [0, 0.05) is 7.11 Å². The molecule has 2 rings (SSSR count). The molecule has 4 heteroatoms. The standard InChI is InChI=1S/C15H28N2O2/c1-4-8-12(11-19-3)17-13(5-2)16-15(14(17)18)9-6-7-10-15/h12-13,16H,4-11H2,1-3H3. The van der Waals surface area contributed by atoms with Crippen LogP contribution in [0.2, 0.25) is 0 Å². The number of methoxy groups -OCH3 is 1. The van der Waals surface area contributed by atoms with E-state index < -0.39 is 0 Å². The van der Waals surface area contributed by atoms with Gasteiger partial charge in [0.25, 0.3) is 0 Å². The van der Waals surface area contributed by atoms with Gasteiger partial charge in [-0.2, -0.15) is 0 Å². The molecule has 1 heterocycles. The van der Waals surface area contributed by atoms with Crippen molar-refractivity contribution in [1.82, 2.24) is 10.2 Å². The molecule has 2 aliphatic rings. The van der Waals surface area contributed by atoms with Crippen LogP contribution in [-0.4, -0.2) is 42.3 Å². The summed E-state index contributed by atoms with van der Waals surface area (Å²) in [6, 6.07) is 0.222. The fourth-order valence-corrected chi connectivity index (χ4v) is 3.72. The van der Waals surface area contributed by atoms with E-state index in [1.54, 1.807) is 7.11 Å². The van der Waals surface area contributed by atoms with E-state index in [9.17, 15) is 4.79 Å². The number of rotatable bonds is 6. The van der Waals surface area contributed by atoms with Crippen molar-refractivity contribution in [3.8, 4) is 0 Å². The molecule has 1 aliphatic heterocycles. The summed E-state index contributed by atoms with van der Waals surface area (Å²) in [7, 11) is 1.73. The molecule has 0 aromatic rings. The third kappa shape index (κ3) is 2.65. The van der Waals surface area contributed by atoms with E-state index in [0.717, 1.165) is 32.1 Å². The number of hydrogen-bond donors (Lipinski definition) is 1. The molecule has 1 saturated carbocycles. The van der Waals surface area contributed by atoms with Crippen molar-refractivity contribution < 1.29 is 9.53 Å². The Morgan fingerprint density at radius 2 is 2.11 bits per heavy atom. The maximum Gasteiger partial charge on any atom is 0.244 e. The van der Waals surface area contributed by atoms with Crippen molar-refractivity contribution in [2.24, 2.45) is 0 Å². The van der Waals surface area contributed by atoms with Crippen LogP contribution >= 0.6 is 0 Å². The van der Waals surface area contributed by atoms with Gasteiger partial charge in [-0.3, -0.25) is 10.1 Å². The highest BCUT2D eigenvalue weighted by atomic mass is 16.5. The van der Waals surface area contributed by atoms with Crippen LogP contribution < -0.4 is 5.32 Å². The average molecular weight is 268 g/mol. The third-order valence-electron chi connectivity index (χ3n) is 4.64. The molecule has 2 atom stereocenters. The first-order valence-electron chi connectivity index (χ1n) is 7.78. The molecule has 1 amide bonds. The fourth-order valence-electron chi connectivity index (χ4n) is 3.72. The second-order valence-electron chi connectivity index (χ2n) is 5.97. The summed E-state index contributed by atoms with van der Waals surface area (Å²) in [5.41, 5.74) is -0.250. The summed E-state index contributed by atoms with van der Waals surface area (Å²) in [5, 5.41) is 3.63. The van der Waals surface area contributed by atoms with Gasteiger partial charge in [0.2, 0.25) is 5.91 Å². The monoisotopic (exact) mass is 268 g/mol. The molecule has 4 nitrogen and oxygen atoms in total. The molecule has 2 fully saturated rings. The van der Waals surface area contributed by atoms with Gasteiger partial charge >= 0.3 is 0 Å². The number of nitrogens with zero attached hydrogens (tertiary/aromatic N) is 1. The molecule has 110 valence electrons. The lowest BCUT2D eigenvalue weighted by atomic mass is 9.97. The van der Waals surface area contributed by atoms with E-state index in [2.05, 4.69) is 24.1 Å². The maximum absolute atomic E-state index is 12.9. The summed E-state index contributed by atoms with van der Waals surface area (Å²) >= 11 is 0. The van der Waals surface area contributed by atoms with Crippen molar-refractivity contribution in [3.63, 3.8) is 0 Å². The van der Waals surface area contributed by atoms with E-state index in [1.165, 1.54) is 12.8 Å². The SMILES string of the molecule is CCCC(COC)N1C(=O)C2(CCCC2)NC1CC. The highest BCUT2D eigenvalue weighted by Gasteiger charge is 2.53. The smallest absolute Gasteiger partial charge is 0.244 e. The third-order valence-corrected chi connectivity index (χ3v) is 4.64. The Morgan fingerprint density at radius 3 is 2.63 bits per heavy atom. The molecule has 0 radical (unpaired) electrons. The van der Waals surface area contributed by atoms with Gasteiger partial charge in [-0.25, -0.2) is 0 Å². The topological polar surface area (TPSA) is 41.6 Å². The molecule has 0 aromatic carbocycles. The maximum atomic E-state index is 12.9. The zero-order valence-electron chi connectivity index (χ0n) is 12.6. The first-order valence-corrected chi connectivity index (χ1v) is 7.78. The van der Waals surface area contributed by atoms with Crippen LogP contribution in [0.3, 0.4) is 0 Å². The second kappa shape index (κ2) is 6.23. The number of hydrogen-bond acceptors (Lipinski definition) is 3. The second-order valence-corrected chi connectivity index (χ2v) is 5.97. The quantitative estimate of drug-likeness (QED) is 0.803. The number of ether oxygens (including phenoxy) is 1. The van der Waals surface area contributed by atoms with E-state index in [0.29, 0.717) is 12.5 Å². The highest BCUT2D eigenvalue weighted by Crippen LogP contribution is 2.38. The van der Waals surface area contributed by atoms with Crippen molar-refractivity contribution in [2.75, 3.05) is 13.7 Å². The van der Waals surface area contributed by atoms with E-state index in [4.69, 9.17) is 4.74 Å². The minimum Gasteiger partial charge on any atom is -0.383 e. The van der Waals surface area contributed by atoms with Gasteiger partial charge in [0.05, 0.1) is 24.4 Å². The van der Waals surface area contributed by atoms with Crippen LogP contribution in [0.15, 0.2) is 0 Å². The zero-order valence-corrected chi connectivity index (χ0v) is 12.6. The van der Waals surface area contributed by atoms with Gasteiger partial charge in [0.15, 0.2) is 0 Å².